The molecular formula is C28H36O3S. The second-order valence-electron chi connectivity index (χ2n) is 9.43. The lowest BCUT2D eigenvalue weighted by Crippen LogP contribution is -2.29. The molecule has 0 bridgehead atoms. The average molecular weight is 453 g/mol. The summed E-state index contributed by atoms with van der Waals surface area (Å²) < 4.78 is 12.2. The topological polar surface area (TPSA) is 39.4 Å². The normalized spacial score (nSPS) is 12.8. The molecule has 3 aromatic rings. The fourth-order valence-corrected chi connectivity index (χ4v) is 4.36. The van der Waals surface area contributed by atoms with E-state index in [0.29, 0.717) is 12.5 Å². The number of benzene rings is 2. The number of ketones is 1. The van der Waals surface area contributed by atoms with Crippen LogP contribution in [0.4, 0.5) is 0 Å². The molecule has 1 unspecified atom stereocenters. The quantitative estimate of drug-likeness (QED) is 0.298. The highest BCUT2D eigenvalue weighted by molar-refractivity contribution is 7.97. The monoisotopic (exact) mass is 452 g/mol. The first kappa shape index (κ1) is 24.4. The average Bonchev–Trinajstić information content (AvgIpc) is 3.17. The van der Waals surface area contributed by atoms with Gasteiger partial charge in [0.2, 0.25) is 0 Å². The molecule has 0 fully saturated rings. The molecule has 0 saturated heterocycles. The molecule has 2 aromatic carbocycles. The number of thioether (sulfide) groups is 1. The number of fused-ring (bicyclic) bond motifs is 1. The molecule has 172 valence electrons. The van der Waals surface area contributed by atoms with Crippen LogP contribution in [0.5, 0.6) is 5.75 Å². The highest BCUT2D eigenvalue weighted by atomic mass is 32.2. The summed E-state index contributed by atoms with van der Waals surface area (Å²) >= 11 is 1.84. The summed E-state index contributed by atoms with van der Waals surface area (Å²) in [4.78, 5) is 11.7. The van der Waals surface area contributed by atoms with Crippen LogP contribution in [0, 0.1) is 12.3 Å². The van der Waals surface area contributed by atoms with E-state index < -0.39 is 5.41 Å². The number of rotatable bonds is 11. The first-order chi connectivity index (χ1) is 15.2. The Bertz CT molecular complexity index is 1060. The Morgan fingerprint density at radius 3 is 2.53 bits per heavy atom. The van der Waals surface area contributed by atoms with Crippen LogP contribution in [0.25, 0.3) is 11.0 Å². The molecule has 0 N–H and O–H groups in total. The third-order valence-corrected chi connectivity index (χ3v) is 6.99. The van der Waals surface area contributed by atoms with E-state index in [1.807, 2.05) is 31.7 Å². The van der Waals surface area contributed by atoms with E-state index in [9.17, 15) is 4.79 Å². The van der Waals surface area contributed by atoms with Gasteiger partial charge in [0.25, 0.3) is 0 Å². The minimum Gasteiger partial charge on any atom is -0.492 e. The van der Waals surface area contributed by atoms with E-state index in [-0.39, 0.29) is 5.78 Å². The van der Waals surface area contributed by atoms with Crippen molar-refractivity contribution in [1.82, 2.24) is 0 Å². The molecule has 0 aliphatic heterocycles. The SMILES string of the molecule is CCC(CCc1ccc(OCC(C)(C)C(C)=O)c(C)c1)c1cc2cc(CSC)ccc2o1. The Morgan fingerprint density at radius 1 is 1.12 bits per heavy atom. The molecule has 0 aliphatic carbocycles. The van der Waals surface area contributed by atoms with Crippen LogP contribution < -0.4 is 4.74 Å². The van der Waals surface area contributed by atoms with Gasteiger partial charge >= 0.3 is 0 Å². The number of aryl methyl sites for hydroxylation is 2. The van der Waals surface area contributed by atoms with E-state index in [1.165, 1.54) is 16.5 Å². The first-order valence-electron chi connectivity index (χ1n) is 11.5. The number of carbonyl (C=O) groups is 1. The van der Waals surface area contributed by atoms with Crippen LogP contribution in [0.2, 0.25) is 0 Å². The van der Waals surface area contributed by atoms with Gasteiger partial charge < -0.3 is 9.15 Å². The molecule has 1 heterocycles. The van der Waals surface area contributed by atoms with Crippen molar-refractivity contribution in [2.24, 2.45) is 5.41 Å². The summed E-state index contributed by atoms with van der Waals surface area (Å²) in [6.07, 6.45) is 5.22. The maximum Gasteiger partial charge on any atom is 0.138 e. The predicted octanol–water partition coefficient (Wildman–Crippen LogP) is 7.72. The highest BCUT2D eigenvalue weighted by Gasteiger charge is 2.25. The number of ether oxygens (including phenoxy) is 1. The zero-order valence-electron chi connectivity index (χ0n) is 20.3. The molecule has 3 nitrogen and oxygen atoms in total. The van der Waals surface area contributed by atoms with Crippen LogP contribution in [0.15, 0.2) is 46.9 Å². The smallest absolute Gasteiger partial charge is 0.138 e. The van der Waals surface area contributed by atoms with Crippen molar-refractivity contribution in [3.63, 3.8) is 0 Å². The molecular weight excluding hydrogens is 416 g/mol. The second kappa shape index (κ2) is 10.6. The highest BCUT2D eigenvalue weighted by Crippen LogP contribution is 2.32. The fourth-order valence-electron chi connectivity index (χ4n) is 3.85. The van der Waals surface area contributed by atoms with E-state index in [2.05, 4.69) is 56.5 Å². The minimum atomic E-state index is -0.470. The largest absolute Gasteiger partial charge is 0.492 e. The van der Waals surface area contributed by atoms with Gasteiger partial charge in [-0.25, -0.2) is 0 Å². The van der Waals surface area contributed by atoms with Crippen molar-refractivity contribution in [3.8, 4) is 5.75 Å². The van der Waals surface area contributed by atoms with Gasteiger partial charge in [-0.2, -0.15) is 11.8 Å². The van der Waals surface area contributed by atoms with Crippen LogP contribution in [0.1, 0.15) is 68.9 Å². The summed E-state index contributed by atoms with van der Waals surface area (Å²) in [7, 11) is 0. The Morgan fingerprint density at radius 2 is 1.88 bits per heavy atom. The summed E-state index contributed by atoms with van der Waals surface area (Å²) in [5.74, 6) is 3.52. The van der Waals surface area contributed by atoms with E-state index in [1.54, 1.807) is 6.92 Å². The molecule has 0 aliphatic rings. The minimum absolute atomic E-state index is 0.142. The summed E-state index contributed by atoms with van der Waals surface area (Å²) in [6, 6.07) is 15.1. The van der Waals surface area contributed by atoms with E-state index >= 15 is 0 Å². The third-order valence-electron chi connectivity index (χ3n) is 6.37. The summed E-state index contributed by atoms with van der Waals surface area (Å²) in [6.45, 7) is 10.2. The summed E-state index contributed by atoms with van der Waals surface area (Å²) in [5, 5.41) is 1.20. The van der Waals surface area contributed by atoms with E-state index in [4.69, 9.17) is 9.15 Å². The van der Waals surface area contributed by atoms with Crippen molar-refractivity contribution in [2.45, 2.75) is 65.6 Å². The van der Waals surface area contributed by atoms with Crippen molar-refractivity contribution in [3.05, 3.63) is 64.9 Å². The van der Waals surface area contributed by atoms with Crippen LogP contribution >= 0.6 is 11.8 Å². The molecule has 0 saturated carbocycles. The lowest BCUT2D eigenvalue weighted by Gasteiger charge is -2.22. The van der Waals surface area contributed by atoms with Crippen LogP contribution in [0.3, 0.4) is 0 Å². The molecule has 0 spiro atoms. The van der Waals surface area contributed by atoms with Gasteiger partial charge in [-0.15, -0.1) is 0 Å². The van der Waals surface area contributed by atoms with Crippen LogP contribution in [-0.2, 0) is 17.0 Å². The molecule has 1 atom stereocenters. The lowest BCUT2D eigenvalue weighted by atomic mass is 9.90. The molecule has 0 amide bonds. The summed E-state index contributed by atoms with van der Waals surface area (Å²) in [5.41, 5.74) is 4.27. The maximum absolute atomic E-state index is 11.7. The molecule has 32 heavy (non-hydrogen) atoms. The Kier molecular flexibility index (Phi) is 8.10. The number of carbonyl (C=O) groups excluding carboxylic acids is 1. The maximum atomic E-state index is 11.7. The van der Waals surface area contributed by atoms with Gasteiger partial charge in [0.15, 0.2) is 0 Å². The molecule has 3 rings (SSSR count). The zero-order valence-corrected chi connectivity index (χ0v) is 21.1. The van der Waals surface area contributed by atoms with E-state index in [0.717, 1.165) is 47.7 Å². The number of furan rings is 1. The molecule has 0 radical (unpaired) electrons. The van der Waals surface area contributed by atoms with Crippen LogP contribution in [-0.4, -0.2) is 18.6 Å². The molecule has 1 aromatic heterocycles. The predicted molar refractivity (Wildman–Crippen MR) is 136 cm³/mol. The Labute approximate surface area is 196 Å². The van der Waals surface area contributed by atoms with Crippen molar-refractivity contribution >= 4 is 28.5 Å². The second-order valence-corrected chi connectivity index (χ2v) is 10.3. The van der Waals surface area contributed by atoms with Gasteiger partial charge in [-0.1, -0.05) is 25.1 Å². The Hall–Kier alpha value is -2.20. The lowest BCUT2D eigenvalue weighted by molar-refractivity contribution is -0.126. The van der Waals surface area contributed by atoms with Crippen molar-refractivity contribution in [2.75, 3.05) is 12.9 Å². The Balaban J connectivity index is 1.65. The van der Waals surface area contributed by atoms with Crippen molar-refractivity contribution < 1.29 is 13.9 Å². The number of hydrogen-bond donors (Lipinski definition) is 0. The number of hydrogen-bond acceptors (Lipinski definition) is 4. The van der Waals surface area contributed by atoms with Gasteiger partial charge in [-0.05, 0) is 94.2 Å². The fraction of sp³-hybridized carbons (Fsp3) is 0.464. The van der Waals surface area contributed by atoms with Crippen molar-refractivity contribution in [1.29, 1.82) is 0 Å². The van der Waals surface area contributed by atoms with Gasteiger partial charge in [-0.3, -0.25) is 4.79 Å². The number of Topliss-reactive ketones (excluding diaryl/α,β-unsaturated/α-hetero) is 1. The zero-order chi connectivity index (χ0) is 23.3. The van der Waals surface area contributed by atoms with Gasteiger partial charge in [0, 0.05) is 17.1 Å². The first-order valence-corrected chi connectivity index (χ1v) is 12.9. The van der Waals surface area contributed by atoms with Gasteiger partial charge in [0.05, 0.1) is 5.41 Å². The third kappa shape index (κ3) is 5.98. The van der Waals surface area contributed by atoms with Gasteiger partial charge in [0.1, 0.15) is 29.5 Å². The molecule has 4 heteroatoms. The standard InChI is InChI=1S/C28H36O3S/c1-7-23(27-16-24-15-22(17-32-6)10-13-26(24)31-27)11-8-21-9-12-25(19(2)14-21)30-18-28(4,5)20(3)29/h9-10,12-16,23H,7-8,11,17-18H2,1-6H3.